The van der Waals surface area contributed by atoms with Crippen molar-refractivity contribution in [3.63, 3.8) is 0 Å². The van der Waals surface area contributed by atoms with Crippen LogP contribution in [0.3, 0.4) is 0 Å². The van der Waals surface area contributed by atoms with Crippen molar-refractivity contribution in [3.8, 4) is 0 Å². The molecule has 1 aliphatic carbocycles. The molecule has 132 valence electrons. The third kappa shape index (κ3) is 2.57. The largest absolute Gasteiger partial charge is 0.326 e. The normalized spacial score (nSPS) is 34.4. The van der Waals surface area contributed by atoms with Crippen molar-refractivity contribution >= 4 is 23.2 Å². The minimum atomic E-state index is -0.0172. The van der Waals surface area contributed by atoms with E-state index in [9.17, 15) is 9.59 Å². The Bertz CT molecular complexity index is 770. The van der Waals surface area contributed by atoms with Gasteiger partial charge in [0.05, 0.1) is 5.71 Å². The lowest BCUT2D eigenvalue weighted by Gasteiger charge is -2.26. The van der Waals surface area contributed by atoms with Crippen molar-refractivity contribution in [3.05, 3.63) is 29.3 Å². The van der Waals surface area contributed by atoms with Gasteiger partial charge in [0.2, 0.25) is 11.8 Å². The molecular weight excluding hydrogens is 314 g/mol. The van der Waals surface area contributed by atoms with Gasteiger partial charge < -0.3 is 5.32 Å². The van der Waals surface area contributed by atoms with E-state index in [0.717, 1.165) is 41.8 Å². The van der Waals surface area contributed by atoms with E-state index in [0.29, 0.717) is 0 Å². The molecule has 3 aliphatic rings. The molecule has 1 aromatic rings. The second-order valence-corrected chi connectivity index (χ2v) is 7.84. The van der Waals surface area contributed by atoms with Gasteiger partial charge in [-0.15, -0.1) is 0 Å². The van der Waals surface area contributed by atoms with Crippen molar-refractivity contribution in [2.75, 3.05) is 5.32 Å². The van der Waals surface area contributed by atoms with Crippen molar-refractivity contribution < 1.29 is 9.59 Å². The fraction of sp³-hybridized carbons (Fsp3) is 0.550. The molecule has 1 fully saturated rings. The average molecular weight is 339 g/mol. The fourth-order valence-corrected chi connectivity index (χ4v) is 4.58. The minimum absolute atomic E-state index is 0.0172. The van der Waals surface area contributed by atoms with Crippen LogP contribution >= 0.6 is 0 Å². The van der Waals surface area contributed by atoms with Crippen LogP contribution in [-0.4, -0.2) is 17.5 Å². The number of benzene rings is 1. The standard InChI is InChI=1S/C20H25N3O2/c1-10-11(2)16-9-13(7-8-17(16)21-19(24)12(10)3)18-14-5-4-6-15(14)20(25)23-22-18/h7-12,14-15H,4-6H2,1-3H3,(H,21,24)(H,23,25). The highest BCUT2D eigenvalue weighted by Gasteiger charge is 2.40. The van der Waals surface area contributed by atoms with Gasteiger partial charge in [-0.2, -0.15) is 5.10 Å². The molecule has 2 aliphatic heterocycles. The van der Waals surface area contributed by atoms with E-state index < -0.39 is 0 Å². The average Bonchev–Trinajstić information content (AvgIpc) is 3.08. The van der Waals surface area contributed by atoms with E-state index in [1.807, 2.05) is 19.1 Å². The Morgan fingerprint density at radius 2 is 1.76 bits per heavy atom. The molecule has 5 heteroatoms. The summed E-state index contributed by atoms with van der Waals surface area (Å²) in [6.45, 7) is 6.32. The summed E-state index contributed by atoms with van der Waals surface area (Å²) in [4.78, 5) is 24.4. The lowest BCUT2D eigenvalue weighted by atomic mass is 9.80. The summed E-state index contributed by atoms with van der Waals surface area (Å²) in [5.74, 6) is 0.955. The summed E-state index contributed by atoms with van der Waals surface area (Å²) >= 11 is 0. The zero-order chi connectivity index (χ0) is 17.7. The maximum atomic E-state index is 12.3. The molecular formula is C20H25N3O2. The van der Waals surface area contributed by atoms with Crippen LogP contribution in [0, 0.1) is 23.7 Å². The maximum absolute atomic E-state index is 12.3. The predicted octanol–water partition coefficient (Wildman–Crippen LogP) is 3.26. The Hall–Kier alpha value is -2.17. The first-order valence-corrected chi connectivity index (χ1v) is 9.30. The zero-order valence-corrected chi connectivity index (χ0v) is 15.0. The monoisotopic (exact) mass is 339 g/mol. The van der Waals surface area contributed by atoms with Crippen LogP contribution < -0.4 is 10.7 Å². The number of nitrogens with one attached hydrogen (secondary N) is 2. The van der Waals surface area contributed by atoms with Crippen LogP contribution in [-0.2, 0) is 9.59 Å². The number of carbonyl (C=O) groups is 2. The number of rotatable bonds is 1. The molecule has 5 nitrogen and oxygen atoms in total. The first kappa shape index (κ1) is 16.3. The molecule has 2 heterocycles. The van der Waals surface area contributed by atoms with Crippen molar-refractivity contribution in [1.82, 2.24) is 5.43 Å². The van der Waals surface area contributed by atoms with Crippen LogP contribution in [0.5, 0.6) is 0 Å². The Balaban J connectivity index is 1.74. The number of carbonyl (C=O) groups excluding carboxylic acids is 2. The topological polar surface area (TPSA) is 70.6 Å². The second kappa shape index (κ2) is 5.97. The van der Waals surface area contributed by atoms with Crippen molar-refractivity contribution in [1.29, 1.82) is 0 Å². The van der Waals surface area contributed by atoms with Gasteiger partial charge in [0.25, 0.3) is 0 Å². The van der Waals surface area contributed by atoms with Crippen LogP contribution in [0.4, 0.5) is 5.69 Å². The minimum Gasteiger partial charge on any atom is -0.326 e. The lowest BCUT2D eigenvalue weighted by Crippen LogP contribution is -2.39. The summed E-state index contributed by atoms with van der Waals surface area (Å²) < 4.78 is 0. The molecule has 5 unspecified atom stereocenters. The van der Waals surface area contributed by atoms with E-state index in [2.05, 4.69) is 35.8 Å². The van der Waals surface area contributed by atoms with Gasteiger partial charge >= 0.3 is 0 Å². The molecule has 0 saturated heterocycles. The molecule has 0 spiro atoms. The van der Waals surface area contributed by atoms with Crippen LogP contribution in [0.15, 0.2) is 23.3 Å². The molecule has 0 bridgehead atoms. The highest BCUT2D eigenvalue weighted by Crippen LogP contribution is 2.40. The lowest BCUT2D eigenvalue weighted by molar-refractivity contribution is -0.126. The Morgan fingerprint density at radius 3 is 2.56 bits per heavy atom. The van der Waals surface area contributed by atoms with Gasteiger partial charge in [0.15, 0.2) is 0 Å². The Kier molecular flexibility index (Phi) is 3.89. The first-order chi connectivity index (χ1) is 12.0. The third-order valence-corrected chi connectivity index (χ3v) is 6.58. The summed E-state index contributed by atoms with van der Waals surface area (Å²) in [5.41, 5.74) is 6.84. The van der Waals surface area contributed by atoms with Gasteiger partial charge in [0, 0.05) is 23.4 Å². The van der Waals surface area contributed by atoms with E-state index >= 15 is 0 Å². The van der Waals surface area contributed by atoms with Crippen molar-refractivity contribution in [2.45, 2.75) is 46.0 Å². The van der Waals surface area contributed by atoms with E-state index in [1.54, 1.807) is 0 Å². The molecule has 0 radical (unpaired) electrons. The highest BCUT2D eigenvalue weighted by molar-refractivity contribution is 6.07. The molecule has 1 saturated carbocycles. The Morgan fingerprint density at radius 1 is 1.00 bits per heavy atom. The molecule has 0 aromatic heterocycles. The zero-order valence-electron chi connectivity index (χ0n) is 15.0. The number of hydrazone groups is 1. The quantitative estimate of drug-likeness (QED) is 0.824. The van der Waals surface area contributed by atoms with E-state index in [1.165, 1.54) is 0 Å². The van der Waals surface area contributed by atoms with Gasteiger partial charge in [-0.3, -0.25) is 9.59 Å². The van der Waals surface area contributed by atoms with Crippen LogP contribution in [0.1, 0.15) is 57.1 Å². The molecule has 5 atom stereocenters. The van der Waals surface area contributed by atoms with Gasteiger partial charge in [-0.05, 0) is 47.9 Å². The smallest absolute Gasteiger partial charge is 0.243 e. The number of fused-ring (bicyclic) bond motifs is 2. The molecule has 1 aromatic carbocycles. The molecule has 2 amide bonds. The van der Waals surface area contributed by atoms with Gasteiger partial charge in [-0.25, -0.2) is 5.43 Å². The maximum Gasteiger partial charge on any atom is 0.243 e. The van der Waals surface area contributed by atoms with Crippen molar-refractivity contribution in [2.24, 2.45) is 28.8 Å². The second-order valence-electron chi connectivity index (χ2n) is 7.84. The number of nitrogens with zero attached hydrogens (tertiary/aromatic N) is 1. The van der Waals surface area contributed by atoms with Gasteiger partial charge in [-0.1, -0.05) is 33.3 Å². The van der Waals surface area contributed by atoms with E-state index in [-0.39, 0.29) is 41.4 Å². The number of amides is 2. The first-order valence-electron chi connectivity index (χ1n) is 9.30. The Labute approximate surface area is 148 Å². The number of hydrogen-bond acceptors (Lipinski definition) is 3. The highest BCUT2D eigenvalue weighted by atomic mass is 16.2. The molecule has 25 heavy (non-hydrogen) atoms. The van der Waals surface area contributed by atoms with Crippen LogP contribution in [0.2, 0.25) is 0 Å². The molecule has 2 N–H and O–H groups in total. The fourth-order valence-electron chi connectivity index (χ4n) is 4.58. The van der Waals surface area contributed by atoms with Gasteiger partial charge in [0.1, 0.15) is 0 Å². The third-order valence-electron chi connectivity index (χ3n) is 6.58. The summed E-state index contributed by atoms with van der Waals surface area (Å²) in [5, 5.41) is 7.47. The molecule has 4 rings (SSSR count). The summed E-state index contributed by atoms with van der Waals surface area (Å²) in [7, 11) is 0. The van der Waals surface area contributed by atoms with Crippen LogP contribution in [0.25, 0.3) is 0 Å². The summed E-state index contributed by atoms with van der Waals surface area (Å²) in [6.07, 6.45) is 3.04. The summed E-state index contributed by atoms with van der Waals surface area (Å²) in [6, 6.07) is 6.19. The SMILES string of the molecule is CC1C(=O)Nc2ccc(C3=NNC(=O)C4CCCC34)cc2C(C)C1C. The predicted molar refractivity (Wildman–Crippen MR) is 97.3 cm³/mol. The van der Waals surface area contributed by atoms with E-state index in [4.69, 9.17) is 0 Å². The number of anilines is 1. The number of hydrogen-bond donors (Lipinski definition) is 2.